The van der Waals surface area contributed by atoms with Crippen molar-refractivity contribution in [3.05, 3.63) is 70.1 Å². The van der Waals surface area contributed by atoms with E-state index in [1.807, 2.05) is 30.3 Å². The third-order valence-electron chi connectivity index (χ3n) is 3.01. The van der Waals surface area contributed by atoms with Crippen LogP contribution in [0.3, 0.4) is 0 Å². The Labute approximate surface area is 137 Å². The molecule has 21 heavy (non-hydrogen) atoms. The molecule has 0 spiro atoms. The topological polar surface area (TPSA) is 25.8 Å². The van der Waals surface area contributed by atoms with Crippen LogP contribution in [-0.2, 0) is 0 Å². The Hall–Kier alpha value is -1.61. The highest BCUT2D eigenvalue weighted by atomic mass is 35.5. The van der Waals surface area contributed by atoms with E-state index in [9.17, 15) is 0 Å². The minimum atomic E-state index is 0.532. The number of hydrogen-bond acceptors (Lipinski definition) is 2. The Morgan fingerprint density at radius 3 is 2.24 bits per heavy atom. The molecule has 3 rings (SSSR count). The molecule has 0 unspecified atom stereocenters. The van der Waals surface area contributed by atoms with Crippen molar-refractivity contribution in [2.24, 2.45) is 0 Å². The molecule has 5 heteroatoms. The predicted molar refractivity (Wildman–Crippen MR) is 86.8 cm³/mol. The van der Waals surface area contributed by atoms with E-state index < -0.39 is 0 Å². The van der Waals surface area contributed by atoms with E-state index in [4.69, 9.17) is 34.8 Å². The van der Waals surface area contributed by atoms with Crippen molar-refractivity contribution >= 4 is 34.8 Å². The highest BCUT2D eigenvalue weighted by Crippen LogP contribution is 2.35. The van der Waals surface area contributed by atoms with Crippen LogP contribution >= 0.6 is 34.8 Å². The van der Waals surface area contributed by atoms with Gasteiger partial charge < -0.3 is 0 Å². The van der Waals surface area contributed by atoms with E-state index in [1.165, 1.54) is 0 Å². The second-order valence-electron chi connectivity index (χ2n) is 4.36. The fourth-order valence-electron chi connectivity index (χ4n) is 2.02. The molecule has 0 atom stereocenters. The predicted octanol–water partition coefficient (Wildman–Crippen LogP) is 5.57. The third kappa shape index (κ3) is 3.03. The molecule has 0 bridgehead atoms. The normalized spacial score (nSPS) is 10.6. The van der Waals surface area contributed by atoms with Crippen LogP contribution in [0.2, 0.25) is 15.1 Å². The van der Waals surface area contributed by atoms with Crippen molar-refractivity contribution in [1.82, 2.24) is 9.97 Å². The van der Waals surface area contributed by atoms with Gasteiger partial charge in [-0.3, -0.25) is 0 Å². The van der Waals surface area contributed by atoms with Crippen LogP contribution < -0.4 is 0 Å². The maximum Gasteiger partial charge on any atom is 0.198 e. The number of rotatable bonds is 2. The lowest BCUT2D eigenvalue weighted by molar-refractivity contribution is 1.16. The van der Waals surface area contributed by atoms with Gasteiger partial charge in [-0.25, -0.2) is 9.97 Å². The molecule has 0 aliphatic heterocycles. The summed E-state index contributed by atoms with van der Waals surface area (Å²) in [4.78, 5) is 8.22. The number of aromatic nitrogens is 2. The molecule has 2 aromatic carbocycles. The van der Waals surface area contributed by atoms with Gasteiger partial charge in [0.25, 0.3) is 0 Å². The molecule has 103 valence electrons. The molecule has 0 aliphatic carbocycles. The molecule has 1 aromatic heterocycles. The van der Waals surface area contributed by atoms with Gasteiger partial charge in [-0.05, 0) is 35.9 Å². The fourth-order valence-corrected chi connectivity index (χ4v) is 2.65. The standard InChI is InChI=1S/C16H8Cl3N2/c17-11-3-1-10(2-4-11)14-8-20-9-21-16(14)13-6-5-12(18)7-15(13)19/h1-8H. The van der Waals surface area contributed by atoms with Gasteiger partial charge in [0, 0.05) is 27.4 Å². The summed E-state index contributed by atoms with van der Waals surface area (Å²) in [6.45, 7) is 0. The Kier molecular flexibility index (Phi) is 4.11. The van der Waals surface area contributed by atoms with Crippen LogP contribution in [0.15, 0.2) is 48.7 Å². The Balaban J connectivity index is 2.18. The van der Waals surface area contributed by atoms with Crippen molar-refractivity contribution in [1.29, 1.82) is 0 Å². The summed E-state index contributed by atoms with van der Waals surface area (Å²) in [6.07, 6.45) is 4.31. The summed E-state index contributed by atoms with van der Waals surface area (Å²) in [5, 5.41) is 1.79. The van der Waals surface area contributed by atoms with Crippen molar-refractivity contribution in [3.63, 3.8) is 0 Å². The number of halogens is 3. The zero-order valence-electron chi connectivity index (χ0n) is 10.6. The SMILES string of the molecule is Clc1ccc(-c2cn[c]nc2-c2ccc(Cl)cc2Cl)cc1. The summed E-state index contributed by atoms with van der Waals surface area (Å²) in [5.41, 5.74) is 3.29. The third-order valence-corrected chi connectivity index (χ3v) is 3.81. The van der Waals surface area contributed by atoms with Gasteiger partial charge in [0.15, 0.2) is 6.33 Å². The summed E-state index contributed by atoms with van der Waals surface area (Å²) in [6, 6.07) is 12.8. The lowest BCUT2D eigenvalue weighted by atomic mass is 10.0. The highest BCUT2D eigenvalue weighted by Gasteiger charge is 2.12. The fraction of sp³-hybridized carbons (Fsp3) is 0. The second kappa shape index (κ2) is 6.02. The first-order chi connectivity index (χ1) is 10.1. The van der Waals surface area contributed by atoms with Crippen LogP contribution in [-0.4, -0.2) is 9.97 Å². The van der Waals surface area contributed by atoms with Crippen LogP contribution in [0.5, 0.6) is 0 Å². The van der Waals surface area contributed by atoms with Crippen molar-refractivity contribution in [2.45, 2.75) is 0 Å². The smallest absolute Gasteiger partial charge is 0.198 e. The van der Waals surface area contributed by atoms with Gasteiger partial charge >= 0.3 is 0 Å². The molecule has 0 saturated heterocycles. The van der Waals surface area contributed by atoms with Gasteiger partial charge in [0.2, 0.25) is 0 Å². The summed E-state index contributed by atoms with van der Waals surface area (Å²) in [7, 11) is 0. The van der Waals surface area contributed by atoms with E-state index in [-0.39, 0.29) is 0 Å². The Morgan fingerprint density at radius 1 is 0.810 bits per heavy atom. The number of hydrogen-bond donors (Lipinski definition) is 0. The largest absolute Gasteiger partial charge is 0.233 e. The van der Waals surface area contributed by atoms with Crippen LogP contribution in [0, 0.1) is 6.33 Å². The van der Waals surface area contributed by atoms with Gasteiger partial charge in [-0.1, -0.05) is 46.9 Å². The number of nitrogens with zero attached hydrogens (tertiary/aromatic N) is 2. The first-order valence-electron chi connectivity index (χ1n) is 6.09. The molecule has 1 radical (unpaired) electrons. The maximum atomic E-state index is 6.27. The second-order valence-corrected chi connectivity index (χ2v) is 5.64. The molecule has 0 aliphatic rings. The van der Waals surface area contributed by atoms with Crippen LogP contribution in [0.25, 0.3) is 22.4 Å². The van der Waals surface area contributed by atoms with E-state index in [0.29, 0.717) is 20.8 Å². The van der Waals surface area contributed by atoms with Gasteiger partial charge in [-0.2, -0.15) is 0 Å². The molecule has 0 fully saturated rings. The van der Waals surface area contributed by atoms with Crippen LogP contribution in [0.4, 0.5) is 0 Å². The zero-order valence-corrected chi connectivity index (χ0v) is 12.9. The van der Waals surface area contributed by atoms with Crippen LogP contribution in [0.1, 0.15) is 0 Å². The first kappa shape index (κ1) is 14.3. The zero-order chi connectivity index (χ0) is 14.8. The lowest BCUT2D eigenvalue weighted by Gasteiger charge is -2.10. The van der Waals surface area contributed by atoms with Gasteiger partial charge in [0.1, 0.15) is 0 Å². The van der Waals surface area contributed by atoms with Gasteiger partial charge in [-0.15, -0.1) is 0 Å². The quantitative estimate of drug-likeness (QED) is 0.612. The summed E-state index contributed by atoms with van der Waals surface area (Å²) >= 11 is 18.1. The van der Waals surface area contributed by atoms with Crippen molar-refractivity contribution < 1.29 is 0 Å². The molecular weight excluding hydrogens is 327 g/mol. The molecule has 2 nitrogen and oxygen atoms in total. The Morgan fingerprint density at radius 2 is 1.52 bits per heavy atom. The lowest BCUT2D eigenvalue weighted by Crippen LogP contribution is -1.92. The molecule has 3 aromatic rings. The van der Waals surface area contributed by atoms with Crippen molar-refractivity contribution in [2.75, 3.05) is 0 Å². The van der Waals surface area contributed by atoms with E-state index >= 15 is 0 Å². The van der Waals surface area contributed by atoms with E-state index in [1.54, 1.807) is 18.3 Å². The minimum absolute atomic E-state index is 0.532. The monoisotopic (exact) mass is 333 g/mol. The summed E-state index contributed by atoms with van der Waals surface area (Å²) < 4.78 is 0. The molecular formula is C16H8Cl3N2. The highest BCUT2D eigenvalue weighted by molar-refractivity contribution is 6.36. The van der Waals surface area contributed by atoms with Gasteiger partial charge in [0.05, 0.1) is 10.7 Å². The average molecular weight is 335 g/mol. The minimum Gasteiger partial charge on any atom is -0.233 e. The molecule has 0 saturated carbocycles. The molecule has 1 heterocycles. The maximum absolute atomic E-state index is 6.27. The Bertz CT molecular complexity index is 786. The number of benzene rings is 2. The van der Waals surface area contributed by atoms with E-state index in [2.05, 4.69) is 16.3 Å². The summed E-state index contributed by atoms with van der Waals surface area (Å²) in [5.74, 6) is 0. The molecule has 0 N–H and O–H groups in total. The first-order valence-corrected chi connectivity index (χ1v) is 7.23. The average Bonchev–Trinajstić information content (AvgIpc) is 2.48. The van der Waals surface area contributed by atoms with E-state index in [0.717, 1.165) is 16.7 Å². The molecule has 0 amide bonds. The van der Waals surface area contributed by atoms with Crippen molar-refractivity contribution in [3.8, 4) is 22.4 Å².